The standard InChI is InChI=1S/C11H19N5O/c1-14-4-6-15(7-5-14)10-8-11(17)16(3-2-12)13-9-10/h8-9H,2-7,12H2,1H3. The van der Waals surface area contributed by atoms with Gasteiger partial charge in [-0.25, -0.2) is 4.68 Å². The molecule has 6 nitrogen and oxygen atoms in total. The largest absolute Gasteiger partial charge is 0.368 e. The van der Waals surface area contributed by atoms with Crippen LogP contribution < -0.4 is 16.2 Å². The lowest BCUT2D eigenvalue weighted by atomic mass is 10.3. The summed E-state index contributed by atoms with van der Waals surface area (Å²) in [7, 11) is 2.11. The van der Waals surface area contributed by atoms with Crippen molar-refractivity contribution >= 4 is 5.69 Å². The lowest BCUT2D eigenvalue weighted by Crippen LogP contribution is -2.45. The Balaban J connectivity index is 2.12. The van der Waals surface area contributed by atoms with Crippen molar-refractivity contribution in [2.45, 2.75) is 6.54 Å². The van der Waals surface area contributed by atoms with Crippen LogP contribution in [0.4, 0.5) is 5.69 Å². The van der Waals surface area contributed by atoms with Crippen LogP contribution in [0, 0.1) is 0 Å². The van der Waals surface area contributed by atoms with E-state index in [0.29, 0.717) is 13.1 Å². The minimum atomic E-state index is -0.0770. The maximum Gasteiger partial charge on any atom is 0.268 e. The fraction of sp³-hybridized carbons (Fsp3) is 0.636. The first kappa shape index (κ1) is 12.1. The van der Waals surface area contributed by atoms with E-state index < -0.39 is 0 Å². The second-order valence-corrected chi connectivity index (χ2v) is 4.35. The van der Waals surface area contributed by atoms with E-state index in [1.54, 1.807) is 12.3 Å². The van der Waals surface area contributed by atoms with Gasteiger partial charge in [0, 0.05) is 38.8 Å². The highest BCUT2D eigenvalue weighted by Gasteiger charge is 2.15. The zero-order chi connectivity index (χ0) is 12.3. The molecule has 17 heavy (non-hydrogen) atoms. The molecule has 94 valence electrons. The molecule has 0 aromatic carbocycles. The van der Waals surface area contributed by atoms with Crippen LogP contribution in [0.2, 0.25) is 0 Å². The van der Waals surface area contributed by atoms with Crippen LogP contribution in [-0.4, -0.2) is 54.5 Å². The molecular weight excluding hydrogens is 218 g/mol. The second kappa shape index (κ2) is 5.29. The summed E-state index contributed by atoms with van der Waals surface area (Å²) in [5, 5.41) is 4.13. The molecule has 0 atom stereocenters. The van der Waals surface area contributed by atoms with Gasteiger partial charge in [-0.3, -0.25) is 4.79 Å². The summed E-state index contributed by atoms with van der Waals surface area (Å²) in [6, 6.07) is 1.65. The highest BCUT2D eigenvalue weighted by atomic mass is 16.1. The van der Waals surface area contributed by atoms with Gasteiger partial charge < -0.3 is 15.5 Å². The van der Waals surface area contributed by atoms with Crippen LogP contribution in [0.25, 0.3) is 0 Å². The SMILES string of the molecule is CN1CCN(c2cnn(CCN)c(=O)c2)CC1. The number of likely N-dealkylation sites (N-methyl/N-ethyl adjacent to an activating group) is 1. The van der Waals surface area contributed by atoms with Crippen LogP contribution in [0.1, 0.15) is 0 Å². The Kier molecular flexibility index (Phi) is 3.75. The Hall–Kier alpha value is -1.40. The molecular formula is C11H19N5O. The average Bonchev–Trinajstić information content (AvgIpc) is 2.33. The van der Waals surface area contributed by atoms with Crippen molar-refractivity contribution in [1.82, 2.24) is 14.7 Å². The predicted octanol–water partition coefficient (Wildman–Crippen LogP) is -1.05. The molecule has 1 aromatic heterocycles. The molecule has 6 heteroatoms. The number of nitrogens with zero attached hydrogens (tertiary/aromatic N) is 4. The first-order chi connectivity index (χ1) is 8.20. The number of nitrogens with two attached hydrogens (primary N) is 1. The molecule has 0 amide bonds. The number of piperazine rings is 1. The normalized spacial score (nSPS) is 17.4. The minimum Gasteiger partial charge on any atom is -0.368 e. The van der Waals surface area contributed by atoms with E-state index in [9.17, 15) is 4.79 Å². The molecule has 1 aliphatic heterocycles. The van der Waals surface area contributed by atoms with Crippen molar-refractivity contribution in [3.8, 4) is 0 Å². The zero-order valence-corrected chi connectivity index (χ0v) is 10.2. The quantitative estimate of drug-likeness (QED) is 0.727. The van der Waals surface area contributed by atoms with Gasteiger partial charge >= 0.3 is 0 Å². The molecule has 0 spiro atoms. The molecule has 1 aromatic rings. The Labute approximate surface area is 101 Å². The molecule has 0 bridgehead atoms. The van der Waals surface area contributed by atoms with E-state index in [4.69, 9.17) is 5.73 Å². The van der Waals surface area contributed by atoms with Crippen LogP contribution in [-0.2, 0) is 6.54 Å². The molecule has 0 saturated carbocycles. The first-order valence-corrected chi connectivity index (χ1v) is 5.91. The van der Waals surface area contributed by atoms with Gasteiger partial charge in [-0.2, -0.15) is 5.10 Å². The van der Waals surface area contributed by atoms with Gasteiger partial charge in [0.25, 0.3) is 5.56 Å². The maximum atomic E-state index is 11.7. The third-order valence-electron chi connectivity index (χ3n) is 3.06. The Morgan fingerprint density at radius 3 is 2.65 bits per heavy atom. The van der Waals surface area contributed by atoms with Crippen molar-refractivity contribution in [3.05, 3.63) is 22.6 Å². The van der Waals surface area contributed by atoms with E-state index >= 15 is 0 Å². The molecule has 1 fully saturated rings. The van der Waals surface area contributed by atoms with Gasteiger partial charge in [0.1, 0.15) is 0 Å². The van der Waals surface area contributed by atoms with Gasteiger partial charge in [0.15, 0.2) is 0 Å². The van der Waals surface area contributed by atoms with Gasteiger partial charge in [-0.15, -0.1) is 0 Å². The summed E-state index contributed by atoms with van der Waals surface area (Å²) in [6.07, 6.45) is 1.75. The van der Waals surface area contributed by atoms with Gasteiger partial charge in [-0.05, 0) is 7.05 Å². The van der Waals surface area contributed by atoms with Crippen molar-refractivity contribution in [2.24, 2.45) is 5.73 Å². The highest BCUT2D eigenvalue weighted by Crippen LogP contribution is 2.11. The molecule has 2 heterocycles. The maximum absolute atomic E-state index is 11.7. The smallest absolute Gasteiger partial charge is 0.268 e. The third kappa shape index (κ3) is 2.83. The predicted molar refractivity (Wildman–Crippen MR) is 67.3 cm³/mol. The summed E-state index contributed by atoms with van der Waals surface area (Å²) in [4.78, 5) is 16.2. The van der Waals surface area contributed by atoms with Crippen molar-refractivity contribution in [2.75, 3.05) is 44.7 Å². The topological polar surface area (TPSA) is 67.4 Å². The van der Waals surface area contributed by atoms with Crippen molar-refractivity contribution in [3.63, 3.8) is 0 Å². The molecule has 0 unspecified atom stereocenters. The number of hydrogen-bond acceptors (Lipinski definition) is 5. The fourth-order valence-electron chi connectivity index (χ4n) is 1.95. The number of hydrogen-bond donors (Lipinski definition) is 1. The lowest BCUT2D eigenvalue weighted by Gasteiger charge is -2.33. The van der Waals surface area contributed by atoms with Gasteiger partial charge in [-0.1, -0.05) is 0 Å². The summed E-state index contributed by atoms with van der Waals surface area (Å²) in [6.45, 7) is 4.83. The van der Waals surface area contributed by atoms with E-state index in [1.807, 2.05) is 0 Å². The summed E-state index contributed by atoms with van der Waals surface area (Å²) in [5.41, 5.74) is 6.25. The van der Waals surface area contributed by atoms with E-state index in [0.717, 1.165) is 31.9 Å². The number of rotatable bonds is 3. The first-order valence-electron chi connectivity index (χ1n) is 5.91. The van der Waals surface area contributed by atoms with Crippen molar-refractivity contribution < 1.29 is 0 Å². The zero-order valence-electron chi connectivity index (χ0n) is 10.2. The summed E-state index contributed by atoms with van der Waals surface area (Å²) >= 11 is 0. The molecule has 0 aliphatic carbocycles. The van der Waals surface area contributed by atoms with Crippen LogP contribution in [0.3, 0.4) is 0 Å². The van der Waals surface area contributed by atoms with Crippen LogP contribution >= 0.6 is 0 Å². The Morgan fingerprint density at radius 2 is 2.06 bits per heavy atom. The van der Waals surface area contributed by atoms with E-state index in [-0.39, 0.29) is 5.56 Å². The van der Waals surface area contributed by atoms with E-state index in [1.165, 1.54) is 4.68 Å². The molecule has 1 saturated heterocycles. The van der Waals surface area contributed by atoms with E-state index in [2.05, 4.69) is 21.9 Å². The molecule has 2 rings (SSSR count). The summed E-state index contributed by atoms with van der Waals surface area (Å²) in [5.74, 6) is 0. The number of aromatic nitrogens is 2. The van der Waals surface area contributed by atoms with Crippen LogP contribution in [0.5, 0.6) is 0 Å². The molecule has 0 radical (unpaired) electrons. The number of anilines is 1. The second-order valence-electron chi connectivity index (χ2n) is 4.35. The fourth-order valence-corrected chi connectivity index (χ4v) is 1.95. The van der Waals surface area contributed by atoms with Crippen molar-refractivity contribution in [1.29, 1.82) is 0 Å². The minimum absolute atomic E-state index is 0.0770. The van der Waals surface area contributed by atoms with Gasteiger partial charge in [0.2, 0.25) is 0 Å². The lowest BCUT2D eigenvalue weighted by molar-refractivity contribution is 0.312. The monoisotopic (exact) mass is 237 g/mol. The Bertz CT molecular complexity index is 422. The Morgan fingerprint density at radius 1 is 1.35 bits per heavy atom. The van der Waals surface area contributed by atoms with Gasteiger partial charge in [0.05, 0.1) is 18.4 Å². The summed E-state index contributed by atoms with van der Waals surface area (Å²) < 4.78 is 1.40. The third-order valence-corrected chi connectivity index (χ3v) is 3.06. The van der Waals surface area contributed by atoms with Crippen LogP contribution in [0.15, 0.2) is 17.1 Å². The molecule has 2 N–H and O–H groups in total. The average molecular weight is 237 g/mol. The highest BCUT2D eigenvalue weighted by molar-refractivity contribution is 5.43. The molecule has 1 aliphatic rings.